The van der Waals surface area contributed by atoms with Crippen LogP contribution < -0.4 is 4.74 Å². The fourth-order valence-electron chi connectivity index (χ4n) is 3.93. The van der Waals surface area contributed by atoms with Gasteiger partial charge in [0.25, 0.3) is 0 Å². The van der Waals surface area contributed by atoms with Gasteiger partial charge in [-0.25, -0.2) is 4.63 Å². The van der Waals surface area contributed by atoms with Crippen LogP contribution in [0.5, 0.6) is 11.5 Å². The smallest absolute Gasteiger partial charge is 0.301 e. The average Bonchev–Trinajstić information content (AvgIpc) is 3.29. The molecule has 1 heterocycles. The molecular formula is C25H19N5O4. The Morgan fingerprint density at radius 2 is 1.79 bits per heavy atom. The van der Waals surface area contributed by atoms with Crippen LogP contribution in [0.3, 0.4) is 0 Å². The lowest BCUT2D eigenvalue weighted by atomic mass is 9.74. The van der Waals surface area contributed by atoms with Crippen molar-refractivity contribution in [2.24, 2.45) is 5.41 Å². The molecule has 9 heteroatoms. The Kier molecular flexibility index (Phi) is 5.94. The molecule has 4 rings (SSSR count). The van der Waals surface area contributed by atoms with E-state index in [9.17, 15) is 20.6 Å². The van der Waals surface area contributed by atoms with Crippen molar-refractivity contribution >= 4 is 22.8 Å². The highest BCUT2D eigenvalue weighted by molar-refractivity contribution is 5.88. The predicted octanol–water partition coefficient (Wildman–Crippen LogP) is 6.03. The first kappa shape index (κ1) is 22.4. The summed E-state index contributed by atoms with van der Waals surface area (Å²) >= 11 is 0. The van der Waals surface area contributed by atoms with Crippen molar-refractivity contribution in [1.29, 1.82) is 10.5 Å². The Labute approximate surface area is 195 Å². The quantitative estimate of drug-likeness (QED) is 0.259. The number of nitrogens with zero attached hydrogens (tertiary/aromatic N) is 5. The van der Waals surface area contributed by atoms with Crippen LogP contribution in [0.15, 0.2) is 69.9 Å². The normalized spacial score (nSPS) is 14.9. The molecule has 34 heavy (non-hydrogen) atoms. The Bertz CT molecular complexity index is 1430. The number of rotatable bonds is 5. The second kappa shape index (κ2) is 9.00. The van der Waals surface area contributed by atoms with Crippen molar-refractivity contribution < 1.29 is 14.3 Å². The third-order valence-corrected chi connectivity index (χ3v) is 5.41. The number of ether oxygens (including phenoxy) is 1. The SMILES string of the molecule is CC1(C)CC(/C=C/c2ccc(Oc3ccc([N+](=O)[O-])c4nonc34)cc2)=CC(=C(C#N)C#N)C1. The summed E-state index contributed by atoms with van der Waals surface area (Å²) in [6.45, 7) is 4.23. The highest BCUT2D eigenvalue weighted by Gasteiger charge is 2.26. The third kappa shape index (κ3) is 4.69. The van der Waals surface area contributed by atoms with E-state index in [0.29, 0.717) is 17.9 Å². The van der Waals surface area contributed by atoms with Crippen LogP contribution in [-0.2, 0) is 0 Å². The van der Waals surface area contributed by atoms with E-state index in [0.717, 1.165) is 23.1 Å². The molecule has 168 valence electrons. The van der Waals surface area contributed by atoms with Crippen LogP contribution in [0.1, 0.15) is 32.3 Å². The zero-order chi connectivity index (χ0) is 24.3. The molecule has 1 aliphatic carbocycles. The molecule has 1 aliphatic rings. The van der Waals surface area contributed by atoms with Gasteiger partial charge in [-0.2, -0.15) is 10.5 Å². The molecule has 9 nitrogen and oxygen atoms in total. The maximum Gasteiger partial charge on any atom is 0.301 e. The van der Waals surface area contributed by atoms with Gasteiger partial charge in [-0.3, -0.25) is 10.1 Å². The van der Waals surface area contributed by atoms with E-state index in [1.807, 2.05) is 42.5 Å². The van der Waals surface area contributed by atoms with E-state index in [2.05, 4.69) is 28.8 Å². The van der Waals surface area contributed by atoms with Crippen LogP contribution >= 0.6 is 0 Å². The lowest BCUT2D eigenvalue weighted by molar-refractivity contribution is -0.383. The second-order valence-corrected chi connectivity index (χ2v) is 8.67. The maximum absolute atomic E-state index is 11.1. The fraction of sp³-hybridized carbons (Fsp3) is 0.200. The molecule has 0 atom stereocenters. The van der Waals surface area contributed by atoms with E-state index in [1.165, 1.54) is 12.1 Å². The van der Waals surface area contributed by atoms with Crippen LogP contribution in [0.2, 0.25) is 0 Å². The Hall–Kier alpha value is -4.76. The van der Waals surface area contributed by atoms with E-state index < -0.39 is 4.92 Å². The molecule has 0 unspecified atom stereocenters. The van der Waals surface area contributed by atoms with Gasteiger partial charge >= 0.3 is 5.69 Å². The van der Waals surface area contributed by atoms with E-state index in [1.54, 1.807) is 12.1 Å². The van der Waals surface area contributed by atoms with Crippen LogP contribution in [0.4, 0.5) is 5.69 Å². The molecule has 0 fully saturated rings. The zero-order valence-corrected chi connectivity index (χ0v) is 18.5. The average molecular weight is 453 g/mol. The lowest BCUT2D eigenvalue weighted by Gasteiger charge is -2.30. The first-order valence-electron chi connectivity index (χ1n) is 10.4. The monoisotopic (exact) mass is 453 g/mol. The largest absolute Gasteiger partial charge is 0.455 e. The van der Waals surface area contributed by atoms with Crippen molar-refractivity contribution in [2.75, 3.05) is 0 Å². The summed E-state index contributed by atoms with van der Waals surface area (Å²) in [7, 11) is 0. The first-order valence-corrected chi connectivity index (χ1v) is 10.4. The van der Waals surface area contributed by atoms with E-state index >= 15 is 0 Å². The third-order valence-electron chi connectivity index (χ3n) is 5.41. The van der Waals surface area contributed by atoms with Gasteiger partial charge in [0.1, 0.15) is 23.5 Å². The first-order chi connectivity index (χ1) is 16.3. The summed E-state index contributed by atoms with van der Waals surface area (Å²) < 4.78 is 10.5. The number of aromatic nitrogens is 2. The highest BCUT2D eigenvalue weighted by Crippen LogP contribution is 2.39. The summed E-state index contributed by atoms with van der Waals surface area (Å²) in [5, 5.41) is 36.9. The summed E-state index contributed by atoms with van der Waals surface area (Å²) in [5.41, 5.74) is 2.83. The summed E-state index contributed by atoms with van der Waals surface area (Å²) in [5.74, 6) is 0.816. The predicted molar refractivity (Wildman–Crippen MR) is 123 cm³/mol. The Balaban J connectivity index is 1.53. The van der Waals surface area contributed by atoms with Crippen molar-refractivity contribution in [1.82, 2.24) is 10.3 Å². The molecule has 0 N–H and O–H groups in total. The topological polar surface area (TPSA) is 139 Å². The molecule has 0 aliphatic heterocycles. The number of non-ortho nitro benzene ring substituents is 1. The zero-order valence-electron chi connectivity index (χ0n) is 18.5. The standard InChI is InChI=1S/C25H19N5O4/c1-25(2)12-17(11-18(13-25)19(14-26)15-27)4-3-16-5-7-20(8-6-16)33-22-10-9-21(30(31)32)23-24(22)29-34-28-23/h3-11H,12-13H2,1-2H3/b4-3+. The molecule has 0 saturated carbocycles. The van der Waals surface area contributed by atoms with E-state index in [4.69, 9.17) is 4.74 Å². The minimum atomic E-state index is -0.555. The van der Waals surface area contributed by atoms with Gasteiger partial charge in [-0.1, -0.05) is 44.2 Å². The number of nitriles is 2. The fourth-order valence-corrected chi connectivity index (χ4v) is 3.93. The molecule has 0 amide bonds. The molecular weight excluding hydrogens is 434 g/mol. The molecule has 0 radical (unpaired) electrons. The number of fused-ring (bicyclic) bond motifs is 1. The minimum Gasteiger partial charge on any atom is -0.455 e. The number of allylic oxidation sites excluding steroid dienone is 5. The molecule has 1 aromatic heterocycles. The van der Waals surface area contributed by atoms with Crippen molar-refractivity contribution in [3.05, 3.63) is 80.9 Å². The second-order valence-electron chi connectivity index (χ2n) is 8.67. The van der Waals surface area contributed by atoms with Gasteiger partial charge in [-0.05, 0) is 63.5 Å². The van der Waals surface area contributed by atoms with Crippen LogP contribution in [0.25, 0.3) is 17.1 Å². The van der Waals surface area contributed by atoms with Crippen molar-refractivity contribution in [3.8, 4) is 23.6 Å². The van der Waals surface area contributed by atoms with Gasteiger partial charge in [0.15, 0.2) is 11.3 Å². The van der Waals surface area contributed by atoms with Gasteiger partial charge in [0.2, 0.25) is 5.52 Å². The van der Waals surface area contributed by atoms with Crippen LogP contribution in [0, 0.1) is 38.2 Å². The number of hydrogen-bond donors (Lipinski definition) is 0. The maximum atomic E-state index is 11.1. The molecule has 0 saturated heterocycles. The number of nitro benzene ring substituents is 1. The number of benzene rings is 2. The molecule has 2 aromatic carbocycles. The Morgan fingerprint density at radius 3 is 2.47 bits per heavy atom. The van der Waals surface area contributed by atoms with Gasteiger partial charge in [0.05, 0.1) is 4.92 Å². The van der Waals surface area contributed by atoms with Crippen LogP contribution in [-0.4, -0.2) is 15.2 Å². The van der Waals surface area contributed by atoms with E-state index in [-0.39, 0.29) is 27.7 Å². The van der Waals surface area contributed by atoms with Gasteiger partial charge in [-0.15, -0.1) is 0 Å². The summed E-state index contributed by atoms with van der Waals surface area (Å²) in [4.78, 5) is 10.6. The van der Waals surface area contributed by atoms with Gasteiger partial charge < -0.3 is 4.74 Å². The van der Waals surface area contributed by atoms with Crippen molar-refractivity contribution in [2.45, 2.75) is 26.7 Å². The lowest BCUT2D eigenvalue weighted by Crippen LogP contribution is -2.17. The Morgan fingerprint density at radius 1 is 1.09 bits per heavy atom. The number of nitro groups is 1. The molecule has 3 aromatic rings. The van der Waals surface area contributed by atoms with Crippen molar-refractivity contribution in [3.63, 3.8) is 0 Å². The molecule has 0 bridgehead atoms. The highest BCUT2D eigenvalue weighted by atomic mass is 16.6. The minimum absolute atomic E-state index is 0.0232. The summed E-state index contributed by atoms with van der Waals surface area (Å²) in [6, 6.07) is 14.0. The van der Waals surface area contributed by atoms with Gasteiger partial charge in [0, 0.05) is 6.07 Å². The number of hydrogen-bond acceptors (Lipinski definition) is 8. The summed E-state index contributed by atoms with van der Waals surface area (Å²) in [6.07, 6.45) is 7.39. The molecule has 0 spiro atoms.